The van der Waals surface area contributed by atoms with E-state index in [4.69, 9.17) is 4.74 Å². The van der Waals surface area contributed by atoms with Crippen molar-refractivity contribution in [3.05, 3.63) is 22.3 Å². The minimum Gasteiger partial charge on any atom is -0.469 e. The van der Waals surface area contributed by atoms with Gasteiger partial charge < -0.3 is 10.1 Å². The summed E-state index contributed by atoms with van der Waals surface area (Å²) in [6.07, 6.45) is 5.54. The van der Waals surface area contributed by atoms with Crippen LogP contribution in [0, 0.1) is 12.8 Å². The predicted octanol–water partition coefficient (Wildman–Crippen LogP) is 3.30. The van der Waals surface area contributed by atoms with Crippen molar-refractivity contribution in [2.45, 2.75) is 38.6 Å². The molecule has 0 radical (unpaired) electrons. The molecule has 19 heavy (non-hydrogen) atoms. The Bertz CT molecular complexity index is 457. The van der Waals surface area contributed by atoms with Gasteiger partial charge in [-0.15, -0.1) is 0 Å². The standard InChI is InChI=1S/C14H19BrN2O2/c1-9-7-11(15)8-16-13(9)17-12-5-3-10(4-6-12)14(18)19-2/h7-8,10,12H,3-6H2,1-2H3,(H,16,17). The number of ether oxygens (including phenoxy) is 1. The first-order chi connectivity index (χ1) is 9.10. The quantitative estimate of drug-likeness (QED) is 0.866. The van der Waals surface area contributed by atoms with Crippen LogP contribution < -0.4 is 5.32 Å². The van der Waals surface area contributed by atoms with E-state index in [0.29, 0.717) is 6.04 Å². The number of aromatic nitrogens is 1. The number of nitrogens with one attached hydrogen (secondary N) is 1. The number of hydrogen-bond donors (Lipinski definition) is 1. The van der Waals surface area contributed by atoms with E-state index in [9.17, 15) is 4.79 Å². The molecule has 0 unspecified atom stereocenters. The van der Waals surface area contributed by atoms with E-state index in [0.717, 1.165) is 41.5 Å². The number of halogens is 1. The first-order valence-electron chi connectivity index (χ1n) is 6.56. The highest BCUT2D eigenvalue weighted by Crippen LogP contribution is 2.28. The van der Waals surface area contributed by atoms with Crippen LogP contribution in [0.5, 0.6) is 0 Å². The summed E-state index contributed by atoms with van der Waals surface area (Å²) in [4.78, 5) is 15.9. The number of rotatable bonds is 3. The highest BCUT2D eigenvalue weighted by molar-refractivity contribution is 9.10. The maximum Gasteiger partial charge on any atom is 0.308 e. The molecule has 1 saturated carbocycles. The fourth-order valence-corrected chi connectivity index (χ4v) is 2.97. The third kappa shape index (κ3) is 3.69. The van der Waals surface area contributed by atoms with Gasteiger partial charge in [-0.05, 0) is 60.2 Å². The summed E-state index contributed by atoms with van der Waals surface area (Å²) >= 11 is 3.41. The first-order valence-corrected chi connectivity index (χ1v) is 7.36. The Hall–Kier alpha value is -1.10. The number of anilines is 1. The van der Waals surface area contributed by atoms with Crippen molar-refractivity contribution in [2.75, 3.05) is 12.4 Å². The van der Waals surface area contributed by atoms with Gasteiger partial charge in [0.25, 0.3) is 0 Å². The van der Waals surface area contributed by atoms with Crippen LogP contribution in [-0.2, 0) is 9.53 Å². The lowest BCUT2D eigenvalue weighted by molar-refractivity contribution is -0.146. The number of carbonyl (C=O) groups excluding carboxylic acids is 1. The van der Waals surface area contributed by atoms with Crippen molar-refractivity contribution >= 4 is 27.7 Å². The van der Waals surface area contributed by atoms with Crippen LogP contribution in [0.1, 0.15) is 31.2 Å². The summed E-state index contributed by atoms with van der Waals surface area (Å²) in [5, 5.41) is 3.47. The molecule has 0 atom stereocenters. The lowest BCUT2D eigenvalue weighted by Crippen LogP contribution is -2.30. The lowest BCUT2D eigenvalue weighted by Gasteiger charge is -2.28. The number of carbonyl (C=O) groups is 1. The van der Waals surface area contributed by atoms with Gasteiger partial charge in [-0.1, -0.05) is 0 Å². The van der Waals surface area contributed by atoms with Crippen LogP contribution >= 0.6 is 15.9 Å². The Morgan fingerprint density at radius 1 is 1.42 bits per heavy atom. The van der Waals surface area contributed by atoms with Gasteiger partial charge in [0.05, 0.1) is 13.0 Å². The summed E-state index contributed by atoms with van der Waals surface area (Å²) in [7, 11) is 1.46. The zero-order valence-corrected chi connectivity index (χ0v) is 12.9. The SMILES string of the molecule is COC(=O)C1CCC(Nc2ncc(Br)cc2C)CC1. The lowest BCUT2D eigenvalue weighted by atomic mass is 9.86. The highest BCUT2D eigenvalue weighted by Gasteiger charge is 2.27. The largest absolute Gasteiger partial charge is 0.469 e. The smallest absolute Gasteiger partial charge is 0.308 e. The van der Waals surface area contributed by atoms with Crippen LogP contribution in [0.25, 0.3) is 0 Å². The number of hydrogen-bond acceptors (Lipinski definition) is 4. The second-order valence-corrected chi connectivity index (χ2v) is 5.95. The Morgan fingerprint density at radius 2 is 2.11 bits per heavy atom. The average molecular weight is 327 g/mol. The van der Waals surface area contributed by atoms with Crippen LogP contribution in [0.3, 0.4) is 0 Å². The van der Waals surface area contributed by atoms with Gasteiger partial charge in [0.15, 0.2) is 0 Å². The second kappa shape index (κ2) is 6.37. The third-order valence-electron chi connectivity index (χ3n) is 3.65. The molecule has 0 saturated heterocycles. The Kier molecular flexibility index (Phi) is 4.80. The van der Waals surface area contributed by atoms with Crippen LogP contribution in [0.4, 0.5) is 5.82 Å². The molecule has 1 aliphatic rings. The Balaban J connectivity index is 1.90. The molecular weight excluding hydrogens is 308 g/mol. The molecule has 1 aliphatic carbocycles. The monoisotopic (exact) mass is 326 g/mol. The number of esters is 1. The minimum atomic E-state index is -0.0728. The molecule has 0 amide bonds. The Morgan fingerprint density at radius 3 is 2.68 bits per heavy atom. The molecule has 1 heterocycles. The van der Waals surface area contributed by atoms with Gasteiger partial charge >= 0.3 is 5.97 Å². The van der Waals surface area contributed by atoms with Crippen molar-refractivity contribution in [1.82, 2.24) is 4.98 Å². The number of aryl methyl sites for hydroxylation is 1. The summed E-state index contributed by atoms with van der Waals surface area (Å²) in [5.41, 5.74) is 1.13. The maximum absolute atomic E-state index is 11.5. The van der Waals surface area contributed by atoms with Gasteiger partial charge in [-0.3, -0.25) is 4.79 Å². The van der Waals surface area contributed by atoms with Gasteiger partial charge in [-0.25, -0.2) is 4.98 Å². The van der Waals surface area contributed by atoms with Crippen molar-refractivity contribution in [3.63, 3.8) is 0 Å². The molecule has 1 N–H and O–H groups in total. The molecular formula is C14H19BrN2O2. The van der Waals surface area contributed by atoms with E-state index in [1.165, 1.54) is 7.11 Å². The summed E-state index contributed by atoms with van der Waals surface area (Å²) < 4.78 is 5.79. The van der Waals surface area contributed by atoms with E-state index in [-0.39, 0.29) is 11.9 Å². The van der Waals surface area contributed by atoms with E-state index in [2.05, 4.69) is 32.3 Å². The molecule has 4 nitrogen and oxygen atoms in total. The number of methoxy groups -OCH3 is 1. The summed E-state index contributed by atoms with van der Waals surface area (Å²) in [6, 6.07) is 2.45. The maximum atomic E-state index is 11.5. The van der Waals surface area contributed by atoms with Gasteiger partial charge in [0.1, 0.15) is 5.82 Å². The summed E-state index contributed by atoms with van der Waals surface area (Å²) in [5.74, 6) is 0.933. The van der Waals surface area contributed by atoms with Crippen molar-refractivity contribution in [3.8, 4) is 0 Å². The van der Waals surface area contributed by atoms with E-state index in [1.807, 2.05) is 6.92 Å². The molecule has 0 aliphatic heterocycles. The fourth-order valence-electron chi connectivity index (χ4n) is 2.53. The summed E-state index contributed by atoms with van der Waals surface area (Å²) in [6.45, 7) is 2.04. The zero-order valence-electron chi connectivity index (χ0n) is 11.3. The molecule has 1 aromatic rings. The first kappa shape index (κ1) is 14.3. The molecule has 5 heteroatoms. The average Bonchev–Trinajstić information content (AvgIpc) is 2.42. The molecule has 0 aromatic carbocycles. The van der Waals surface area contributed by atoms with Crippen LogP contribution in [-0.4, -0.2) is 24.1 Å². The molecule has 0 spiro atoms. The van der Waals surface area contributed by atoms with Gasteiger partial charge in [0.2, 0.25) is 0 Å². The molecule has 1 aromatic heterocycles. The van der Waals surface area contributed by atoms with Crippen LogP contribution in [0.15, 0.2) is 16.7 Å². The zero-order chi connectivity index (χ0) is 13.8. The van der Waals surface area contributed by atoms with E-state index >= 15 is 0 Å². The molecule has 0 bridgehead atoms. The third-order valence-corrected chi connectivity index (χ3v) is 4.08. The molecule has 1 fully saturated rings. The minimum absolute atomic E-state index is 0.0713. The molecule has 104 valence electrons. The van der Waals surface area contributed by atoms with Crippen molar-refractivity contribution < 1.29 is 9.53 Å². The molecule has 2 rings (SSSR count). The normalized spacial score (nSPS) is 22.9. The number of nitrogens with zero attached hydrogens (tertiary/aromatic N) is 1. The second-order valence-electron chi connectivity index (χ2n) is 5.04. The van der Waals surface area contributed by atoms with Crippen molar-refractivity contribution in [1.29, 1.82) is 0 Å². The topological polar surface area (TPSA) is 51.2 Å². The predicted molar refractivity (Wildman–Crippen MR) is 78.1 cm³/mol. The van der Waals surface area contributed by atoms with E-state index < -0.39 is 0 Å². The van der Waals surface area contributed by atoms with Gasteiger partial charge in [-0.2, -0.15) is 0 Å². The number of pyridine rings is 1. The van der Waals surface area contributed by atoms with Crippen molar-refractivity contribution in [2.24, 2.45) is 5.92 Å². The van der Waals surface area contributed by atoms with E-state index in [1.54, 1.807) is 6.20 Å². The Labute approximate surface area is 122 Å². The highest BCUT2D eigenvalue weighted by atomic mass is 79.9. The fraction of sp³-hybridized carbons (Fsp3) is 0.571. The van der Waals surface area contributed by atoms with Gasteiger partial charge in [0, 0.05) is 16.7 Å². The van der Waals surface area contributed by atoms with Crippen LogP contribution in [0.2, 0.25) is 0 Å².